The van der Waals surface area contributed by atoms with Gasteiger partial charge in [-0.3, -0.25) is 9.97 Å². The average Bonchev–Trinajstić information content (AvgIpc) is 2.66. The van der Waals surface area contributed by atoms with Crippen LogP contribution in [0.1, 0.15) is 42.4 Å². The van der Waals surface area contributed by atoms with Crippen LogP contribution in [-0.2, 0) is 16.8 Å². The van der Waals surface area contributed by atoms with Crippen molar-refractivity contribution >= 4 is 5.97 Å². The van der Waals surface area contributed by atoms with Crippen LogP contribution >= 0.6 is 0 Å². The SMILES string of the molecule is CC(C)(C)c1cncc(COC(=O)c2ccc(-c3cccnc3)cn2)c1. The lowest BCUT2D eigenvalue weighted by molar-refractivity contribution is 0.0465. The van der Waals surface area contributed by atoms with Crippen LogP contribution in [-0.4, -0.2) is 20.9 Å². The van der Waals surface area contributed by atoms with Gasteiger partial charge in [0, 0.05) is 47.7 Å². The number of carbonyl (C=O) groups excluding carboxylic acids is 1. The molecule has 0 unspecified atom stereocenters. The number of rotatable bonds is 4. The van der Waals surface area contributed by atoms with E-state index in [1.54, 1.807) is 30.9 Å². The number of hydrogen-bond acceptors (Lipinski definition) is 5. The molecule has 3 aromatic heterocycles. The van der Waals surface area contributed by atoms with Crippen LogP contribution in [0.15, 0.2) is 61.3 Å². The van der Waals surface area contributed by atoms with E-state index in [2.05, 4.69) is 35.7 Å². The molecule has 3 heterocycles. The third-order valence-electron chi connectivity index (χ3n) is 4.00. The first-order valence-corrected chi connectivity index (χ1v) is 8.41. The molecular formula is C21H21N3O2. The maximum Gasteiger partial charge on any atom is 0.357 e. The minimum Gasteiger partial charge on any atom is -0.456 e. The van der Waals surface area contributed by atoms with E-state index in [1.165, 1.54) is 0 Å². The first kappa shape index (κ1) is 17.7. The fraction of sp³-hybridized carbons (Fsp3) is 0.238. The van der Waals surface area contributed by atoms with Gasteiger partial charge in [-0.1, -0.05) is 32.9 Å². The largest absolute Gasteiger partial charge is 0.456 e. The third-order valence-corrected chi connectivity index (χ3v) is 4.00. The molecule has 0 amide bonds. The van der Waals surface area contributed by atoms with Gasteiger partial charge in [-0.15, -0.1) is 0 Å². The normalized spacial score (nSPS) is 11.2. The summed E-state index contributed by atoms with van der Waals surface area (Å²) in [5.74, 6) is -0.455. The average molecular weight is 347 g/mol. The molecule has 0 fully saturated rings. The summed E-state index contributed by atoms with van der Waals surface area (Å²) in [6.07, 6.45) is 8.66. The topological polar surface area (TPSA) is 65.0 Å². The quantitative estimate of drug-likeness (QED) is 0.662. The smallest absolute Gasteiger partial charge is 0.357 e. The van der Waals surface area contributed by atoms with Crippen LogP contribution in [0.2, 0.25) is 0 Å². The Balaban J connectivity index is 1.65. The Hall–Kier alpha value is -3.08. The van der Waals surface area contributed by atoms with Gasteiger partial charge in [0.15, 0.2) is 0 Å². The number of pyridine rings is 3. The zero-order valence-electron chi connectivity index (χ0n) is 15.1. The predicted octanol–water partition coefficient (Wildman–Crippen LogP) is 4.19. The molecule has 0 N–H and O–H groups in total. The highest BCUT2D eigenvalue weighted by atomic mass is 16.5. The number of aromatic nitrogens is 3. The molecule has 0 saturated heterocycles. The van der Waals surface area contributed by atoms with Gasteiger partial charge in [0.1, 0.15) is 12.3 Å². The molecule has 0 spiro atoms. The summed E-state index contributed by atoms with van der Waals surface area (Å²) in [4.78, 5) is 24.8. The van der Waals surface area contributed by atoms with Crippen LogP contribution in [0.3, 0.4) is 0 Å². The van der Waals surface area contributed by atoms with Gasteiger partial charge >= 0.3 is 5.97 Å². The molecule has 3 rings (SSSR count). The van der Waals surface area contributed by atoms with Crippen LogP contribution in [0.5, 0.6) is 0 Å². The highest BCUT2D eigenvalue weighted by molar-refractivity contribution is 5.87. The number of hydrogen-bond donors (Lipinski definition) is 0. The van der Waals surface area contributed by atoms with Crippen molar-refractivity contribution in [2.45, 2.75) is 32.8 Å². The van der Waals surface area contributed by atoms with Crippen LogP contribution < -0.4 is 0 Å². The van der Waals surface area contributed by atoms with E-state index in [4.69, 9.17) is 4.74 Å². The summed E-state index contributed by atoms with van der Waals surface area (Å²) in [5.41, 5.74) is 4.08. The van der Waals surface area contributed by atoms with E-state index in [0.717, 1.165) is 22.3 Å². The Kier molecular flexibility index (Phi) is 5.07. The molecule has 5 nitrogen and oxygen atoms in total. The lowest BCUT2D eigenvalue weighted by atomic mass is 9.88. The van der Waals surface area contributed by atoms with Crippen LogP contribution in [0.4, 0.5) is 0 Å². The lowest BCUT2D eigenvalue weighted by Crippen LogP contribution is -2.13. The number of esters is 1. The van der Waals surface area contributed by atoms with E-state index in [0.29, 0.717) is 0 Å². The maximum absolute atomic E-state index is 12.2. The van der Waals surface area contributed by atoms with Crippen molar-refractivity contribution in [2.24, 2.45) is 0 Å². The van der Waals surface area contributed by atoms with Gasteiger partial charge in [0.05, 0.1) is 0 Å². The second-order valence-corrected chi connectivity index (χ2v) is 7.08. The van der Waals surface area contributed by atoms with E-state index >= 15 is 0 Å². The minimum absolute atomic E-state index is 0.00327. The summed E-state index contributed by atoms with van der Waals surface area (Å²) in [6, 6.07) is 9.31. The molecule has 0 aliphatic heterocycles. The molecule has 0 aromatic carbocycles. The maximum atomic E-state index is 12.2. The molecule has 0 atom stereocenters. The first-order chi connectivity index (χ1) is 12.4. The lowest BCUT2D eigenvalue weighted by Gasteiger charge is -2.19. The third kappa shape index (κ3) is 4.30. The highest BCUT2D eigenvalue weighted by Crippen LogP contribution is 2.22. The second-order valence-electron chi connectivity index (χ2n) is 7.08. The van der Waals surface area contributed by atoms with Gasteiger partial charge in [-0.2, -0.15) is 0 Å². The fourth-order valence-electron chi connectivity index (χ4n) is 2.42. The first-order valence-electron chi connectivity index (χ1n) is 8.41. The Morgan fingerprint density at radius 3 is 2.46 bits per heavy atom. The summed E-state index contributed by atoms with van der Waals surface area (Å²) in [5, 5.41) is 0. The van der Waals surface area contributed by atoms with Gasteiger partial charge < -0.3 is 4.74 Å². The standard InChI is InChI=1S/C21H21N3O2/c1-21(2,3)18-9-15(10-23-13-18)14-26-20(25)19-7-6-17(12-24-19)16-5-4-8-22-11-16/h4-13H,14H2,1-3H3. The molecule has 0 bridgehead atoms. The fourth-order valence-corrected chi connectivity index (χ4v) is 2.42. The minimum atomic E-state index is -0.455. The van der Waals surface area contributed by atoms with Crippen molar-refractivity contribution in [3.05, 3.63) is 78.1 Å². The zero-order chi connectivity index (χ0) is 18.6. The van der Waals surface area contributed by atoms with Gasteiger partial charge in [-0.05, 0) is 29.2 Å². The van der Waals surface area contributed by atoms with E-state index in [1.807, 2.05) is 30.5 Å². The molecule has 26 heavy (non-hydrogen) atoms. The van der Waals surface area contributed by atoms with Crippen molar-refractivity contribution in [3.8, 4) is 11.1 Å². The molecule has 5 heteroatoms. The van der Waals surface area contributed by atoms with Crippen LogP contribution in [0, 0.1) is 0 Å². The van der Waals surface area contributed by atoms with Gasteiger partial charge in [0.2, 0.25) is 0 Å². The molecule has 0 aliphatic carbocycles. The van der Waals surface area contributed by atoms with Gasteiger partial charge in [0.25, 0.3) is 0 Å². The Bertz CT molecular complexity index is 885. The van der Waals surface area contributed by atoms with Crippen molar-refractivity contribution < 1.29 is 9.53 Å². The number of ether oxygens (including phenoxy) is 1. The monoisotopic (exact) mass is 347 g/mol. The Labute approximate surface area is 153 Å². The summed E-state index contributed by atoms with van der Waals surface area (Å²) in [6.45, 7) is 6.52. The summed E-state index contributed by atoms with van der Waals surface area (Å²) >= 11 is 0. The van der Waals surface area contributed by atoms with Crippen molar-refractivity contribution in [1.82, 2.24) is 15.0 Å². The van der Waals surface area contributed by atoms with E-state index in [9.17, 15) is 4.79 Å². The van der Waals surface area contributed by atoms with E-state index in [-0.39, 0.29) is 17.7 Å². The van der Waals surface area contributed by atoms with Gasteiger partial charge in [-0.25, -0.2) is 9.78 Å². The molecule has 0 radical (unpaired) electrons. The highest BCUT2D eigenvalue weighted by Gasteiger charge is 2.15. The van der Waals surface area contributed by atoms with Crippen molar-refractivity contribution in [1.29, 1.82) is 0 Å². The van der Waals surface area contributed by atoms with E-state index < -0.39 is 5.97 Å². The van der Waals surface area contributed by atoms with Crippen molar-refractivity contribution in [2.75, 3.05) is 0 Å². The summed E-state index contributed by atoms with van der Waals surface area (Å²) in [7, 11) is 0. The Morgan fingerprint density at radius 1 is 1.00 bits per heavy atom. The van der Waals surface area contributed by atoms with Crippen molar-refractivity contribution in [3.63, 3.8) is 0 Å². The molecular weight excluding hydrogens is 326 g/mol. The predicted molar refractivity (Wildman–Crippen MR) is 99.5 cm³/mol. The Morgan fingerprint density at radius 2 is 1.81 bits per heavy atom. The summed E-state index contributed by atoms with van der Waals surface area (Å²) < 4.78 is 5.37. The second kappa shape index (κ2) is 7.44. The zero-order valence-corrected chi connectivity index (χ0v) is 15.1. The molecule has 3 aromatic rings. The molecule has 0 saturated carbocycles. The molecule has 132 valence electrons. The number of nitrogens with zero attached hydrogens (tertiary/aromatic N) is 3. The number of carbonyl (C=O) groups is 1. The molecule has 0 aliphatic rings. The van der Waals surface area contributed by atoms with Crippen LogP contribution in [0.25, 0.3) is 11.1 Å².